The Morgan fingerprint density at radius 2 is 1.91 bits per heavy atom. The molecule has 0 spiro atoms. The Labute approximate surface area is 146 Å². The van der Waals surface area contributed by atoms with Gasteiger partial charge in [-0.1, -0.05) is 59.6 Å². The Hall–Kier alpha value is -1.95. The monoisotopic (exact) mass is 365 g/mol. The van der Waals surface area contributed by atoms with Crippen LogP contribution in [0.25, 0.3) is 11.3 Å². The van der Waals surface area contributed by atoms with E-state index >= 15 is 0 Å². The van der Waals surface area contributed by atoms with Crippen molar-refractivity contribution in [2.24, 2.45) is 5.10 Å². The number of thiazole rings is 1. The summed E-state index contributed by atoms with van der Waals surface area (Å²) in [5.74, 6) is -0.655. The number of halogens is 3. The predicted octanol–water partition coefficient (Wildman–Crippen LogP) is 5.70. The molecule has 0 bridgehead atoms. The molecule has 3 nitrogen and oxygen atoms in total. The molecule has 1 heterocycles. The fraction of sp³-hybridized carbons (Fsp3) is 0. The van der Waals surface area contributed by atoms with Crippen molar-refractivity contribution in [2.75, 3.05) is 5.43 Å². The summed E-state index contributed by atoms with van der Waals surface area (Å²) in [7, 11) is 0. The third kappa shape index (κ3) is 3.69. The SMILES string of the molecule is Fc1c(Cl)ccc(C=NNc2nc(-c3ccccc3)cs2)c1Cl. The van der Waals surface area contributed by atoms with E-state index in [1.54, 1.807) is 6.07 Å². The minimum absolute atomic E-state index is 0.0208. The fourth-order valence-corrected chi connectivity index (χ4v) is 2.95. The van der Waals surface area contributed by atoms with Crippen LogP contribution >= 0.6 is 34.5 Å². The van der Waals surface area contributed by atoms with Crippen LogP contribution in [0.3, 0.4) is 0 Å². The lowest BCUT2D eigenvalue weighted by molar-refractivity contribution is 0.628. The lowest BCUT2D eigenvalue weighted by Gasteiger charge is -2.01. The van der Waals surface area contributed by atoms with Crippen molar-refractivity contribution in [1.29, 1.82) is 0 Å². The van der Waals surface area contributed by atoms with Gasteiger partial charge in [0.05, 0.1) is 22.0 Å². The summed E-state index contributed by atoms with van der Waals surface area (Å²) >= 11 is 12.9. The van der Waals surface area contributed by atoms with Gasteiger partial charge in [0, 0.05) is 16.5 Å². The van der Waals surface area contributed by atoms with Crippen LogP contribution in [0.2, 0.25) is 10.0 Å². The van der Waals surface area contributed by atoms with Gasteiger partial charge in [-0.15, -0.1) is 11.3 Å². The minimum Gasteiger partial charge on any atom is -0.253 e. The van der Waals surface area contributed by atoms with Crippen molar-refractivity contribution in [3.63, 3.8) is 0 Å². The zero-order chi connectivity index (χ0) is 16.2. The Morgan fingerprint density at radius 1 is 1.13 bits per heavy atom. The topological polar surface area (TPSA) is 37.3 Å². The Bertz CT molecular complexity index is 850. The van der Waals surface area contributed by atoms with Crippen molar-refractivity contribution in [3.8, 4) is 11.3 Å². The van der Waals surface area contributed by atoms with Crippen LogP contribution < -0.4 is 5.43 Å². The maximum Gasteiger partial charge on any atom is 0.203 e. The van der Waals surface area contributed by atoms with Crippen LogP contribution in [-0.4, -0.2) is 11.2 Å². The maximum atomic E-state index is 13.6. The number of benzene rings is 2. The summed E-state index contributed by atoms with van der Waals surface area (Å²) in [6, 6.07) is 12.9. The minimum atomic E-state index is -0.655. The first kappa shape index (κ1) is 15.9. The van der Waals surface area contributed by atoms with Gasteiger partial charge in [-0.25, -0.2) is 9.37 Å². The molecule has 0 saturated heterocycles. The van der Waals surface area contributed by atoms with E-state index in [2.05, 4.69) is 15.5 Å². The molecule has 0 saturated carbocycles. The van der Waals surface area contributed by atoms with Crippen molar-refractivity contribution in [3.05, 3.63) is 69.3 Å². The highest BCUT2D eigenvalue weighted by atomic mass is 35.5. The van der Waals surface area contributed by atoms with E-state index < -0.39 is 5.82 Å². The highest BCUT2D eigenvalue weighted by molar-refractivity contribution is 7.14. The highest BCUT2D eigenvalue weighted by Crippen LogP contribution is 2.26. The van der Waals surface area contributed by atoms with Crippen LogP contribution in [0.5, 0.6) is 0 Å². The third-order valence-corrected chi connectivity index (χ3v) is 4.43. The molecule has 0 aliphatic heterocycles. The van der Waals surface area contributed by atoms with Gasteiger partial charge in [-0.05, 0) is 6.07 Å². The number of aromatic nitrogens is 1. The van der Waals surface area contributed by atoms with Crippen molar-refractivity contribution < 1.29 is 4.39 Å². The number of hydrogen-bond donors (Lipinski definition) is 1. The Morgan fingerprint density at radius 3 is 2.70 bits per heavy atom. The molecule has 0 aliphatic carbocycles. The second kappa shape index (κ2) is 7.08. The van der Waals surface area contributed by atoms with E-state index in [0.717, 1.165) is 11.3 Å². The molecule has 7 heteroatoms. The van der Waals surface area contributed by atoms with Crippen LogP contribution in [-0.2, 0) is 0 Å². The third-order valence-electron chi connectivity index (χ3n) is 3.00. The molecular weight excluding hydrogens is 356 g/mol. The number of hydrogen-bond acceptors (Lipinski definition) is 4. The van der Waals surface area contributed by atoms with Gasteiger partial charge < -0.3 is 0 Å². The van der Waals surface area contributed by atoms with Gasteiger partial charge in [0.2, 0.25) is 5.13 Å². The molecule has 3 rings (SSSR count). The molecule has 116 valence electrons. The molecule has 2 aromatic carbocycles. The number of rotatable bonds is 4. The van der Waals surface area contributed by atoms with Crippen molar-refractivity contribution >= 4 is 45.9 Å². The summed E-state index contributed by atoms with van der Waals surface area (Å²) in [5.41, 5.74) is 5.13. The molecule has 23 heavy (non-hydrogen) atoms. The largest absolute Gasteiger partial charge is 0.253 e. The fourth-order valence-electron chi connectivity index (χ4n) is 1.86. The van der Waals surface area contributed by atoms with E-state index in [4.69, 9.17) is 23.2 Å². The molecule has 0 unspecified atom stereocenters. The number of nitrogens with zero attached hydrogens (tertiary/aromatic N) is 2. The highest BCUT2D eigenvalue weighted by Gasteiger charge is 2.08. The quantitative estimate of drug-likeness (QED) is 0.365. The van der Waals surface area contributed by atoms with Gasteiger partial charge in [-0.3, -0.25) is 5.43 Å². The van der Waals surface area contributed by atoms with Crippen LogP contribution in [0, 0.1) is 5.82 Å². The van der Waals surface area contributed by atoms with E-state index in [1.807, 2.05) is 35.7 Å². The van der Waals surface area contributed by atoms with E-state index in [1.165, 1.54) is 23.6 Å². The van der Waals surface area contributed by atoms with Crippen LogP contribution in [0.15, 0.2) is 52.9 Å². The van der Waals surface area contributed by atoms with Crippen LogP contribution in [0.4, 0.5) is 9.52 Å². The molecular formula is C16H10Cl2FN3S. The summed E-state index contributed by atoms with van der Waals surface area (Å²) in [6.45, 7) is 0. The lowest BCUT2D eigenvalue weighted by Crippen LogP contribution is -1.93. The van der Waals surface area contributed by atoms with Gasteiger partial charge in [0.15, 0.2) is 5.82 Å². The first-order chi connectivity index (χ1) is 11.1. The average Bonchev–Trinajstić information content (AvgIpc) is 3.05. The molecule has 3 aromatic rings. The molecule has 0 amide bonds. The van der Waals surface area contributed by atoms with E-state index in [-0.39, 0.29) is 10.0 Å². The average molecular weight is 366 g/mol. The first-order valence-corrected chi connectivity index (χ1v) is 8.22. The second-order valence-electron chi connectivity index (χ2n) is 4.54. The standard InChI is InChI=1S/C16H10Cl2FN3S/c17-12-7-6-11(14(18)15(12)19)8-20-22-16-21-13(9-23-16)10-4-2-1-3-5-10/h1-9H,(H,21,22). The van der Waals surface area contributed by atoms with Crippen molar-refractivity contribution in [1.82, 2.24) is 4.98 Å². The number of hydrazone groups is 1. The molecule has 0 atom stereocenters. The van der Waals surface area contributed by atoms with Gasteiger partial charge in [0.1, 0.15) is 0 Å². The zero-order valence-corrected chi connectivity index (χ0v) is 14.0. The van der Waals surface area contributed by atoms with Gasteiger partial charge in [-0.2, -0.15) is 5.10 Å². The number of anilines is 1. The number of nitrogens with one attached hydrogen (secondary N) is 1. The Kier molecular flexibility index (Phi) is 4.91. The summed E-state index contributed by atoms with van der Waals surface area (Å²) < 4.78 is 13.6. The molecule has 0 fully saturated rings. The molecule has 0 radical (unpaired) electrons. The molecule has 1 N–H and O–H groups in total. The summed E-state index contributed by atoms with van der Waals surface area (Å²) in [4.78, 5) is 4.43. The summed E-state index contributed by atoms with van der Waals surface area (Å²) in [6.07, 6.45) is 1.42. The first-order valence-electron chi connectivity index (χ1n) is 6.58. The van der Waals surface area contributed by atoms with E-state index in [0.29, 0.717) is 10.7 Å². The lowest BCUT2D eigenvalue weighted by atomic mass is 10.2. The zero-order valence-electron chi connectivity index (χ0n) is 11.6. The normalized spacial score (nSPS) is 11.1. The second-order valence-corrected chi connectivity index (χ2v) is 6.18. The maximum absolute atomic E-state index is 13.6. The molecule has 0 aliphatic rings. The van der Waals surface area contributed by atoms with E-state index in [9.17, 15) is 4.39 Å². The Balaban J connectivity index is 1.72. The van der Waals surface area contributed by atoms with Crippen molar-refractivity contribution in [2.45, 2.75) is 0 Å². The smallest absolute Gasteiger partial charge is 0.203 e. The molecule has 1 aromatic heterocycles. The van der Waals surface area contributed by atoms with Gasteiger partial charge in [0.25, 0.3) is 0 Å². The predicted molar refractivity (Wildman–Crippen MR) is 95.2 cm³/mol. The van der Waals surface area contributed by atoms with Gasteiger partial charge >= 0.3 is 0 Å². The van der Waals surface area contributed by atoms with Crippen LogP contribution in [0.1, 0.15) is 5.56 Å². The summed E-state index contributed by atoms with van der Waals surface area (Å²) in [5, 5.41) is 6.51.